The summed E-state index contributed by atoms with van der Waals surface area (Å²) in [7, 11) is 0. The second-order valence-corrected chi connectivity index (χ2v) is 5.46. The van der Waals surface area contributed by atoms with E-state index in [0.29, 0.717) is 0 Å². The van der Waals surface area contributed by atoms with Crippen molar-refractivity contribution in [2.75, 3.05) is 13.2 Å². The van der Waals surface area contributed by atoms with Crippen molar-refractivity contribution in [3.63, 3.8) is 0 Å². The van der Waals surface area contributed by atoms with Crippen LogP contribution in [0.4, 0.5) is 0 Å². The number of rotatable bonds is 12. The molecule has 0 aromatic rings. The average molecular weight is 293 g/mol. The summed E-state index contributed by atoms with van der Waals surface area (Å²) in [6, 6.07) is 0.216. The Hall–Kier alpha value is -0.240. The molecule has 1 unspecified atom stereocenters. The van der Waals surface area contributed by atoms with Crippen molar-refractivity contribution in [3.8, 4) is 0 Å². The number of hydrogen-bond acceptors (Lipinski definition) is 6. The van der Waals surface area contributed by atoms with Crippen molar-refractivity contribution in [1.82, 2.24) is 5.32 Å². The quantitative estimate of drug-likeness (QED) is 0.267. The largest absolute Gasteiger partial charge is 0.394 e. The Bertz CT molecular complexity index is 230. The number of hydrogen-bond donors (Lipinski definition) is 6. The Labute approximate surface area is 121 Å². The van der Waals surface area contributed by atoms with Crippen molar-refractivity contribution < 1.29 is 25.5 Å². The first kappa shape index (κ1) is 19.8. The van der Waals surface area contributed by atoms with E-state index in [-0.39, 0.29) is 12.6 Å². The van der Waals surface area contributed by atoms with E-state index in [1.807, 2.05) is 6.92 Å². The fourth-order valence-corrected chi connectivity index (χ4v) is 1.99. The highest BCUT2D eigenvalue weighted by atomic mass is 16.4. The zero-order valence-corrected chi connectivity index (χ0v) is 12.6. The summed E-state index contributed by atoms with van der Waals surface area (Å²) in [5, 5.41) is 49.8. The molecule has 0 aliphatic rings. The van der Waals surface area contributed by atoms with E-state index in [2.05, 4.69) is 12.2 Å². The van der Waals surface area contributed by atoms with Gasteiger partial charge in [-0.2, -0.15) is 0 Å². The van der Waals surface area contributed by atoms with Crippen molar-refractivity contribution in [2.24, 2.45) is 0 Å². The molecule has 0 bridgehead atoms. The van der Waals surface area contributed by atoms with Gasteiger partial charge in [0.25, 0.3) is 0 Å². The Morgan fingerprint density at radius 3 is 2.05 bits per heavy atom. The second kappa shape index (κ2) is 11.4. The van der Waals surface area contributed by atoms with Gasteiger partial charge in [0.1, 0.15) is 18.3 Å². The van der Waals surface area contributed by atoms with E-state index in [0.717, 1.165) is 12.8 Å². The maximum atomic E-state index is 9.73. The van der Waals surface area contributed by atoms with Crippen LogP contribution in [-0.2, 0) is 0 Å². The van der Waals surface area contributed by atoms with E-state index >= 15 is 0 Å². The molecular formula is C14H31NO5. The van der Waals surface area contributed by atoms with Gasteiger partial charge in [0, 0.05) is 12.6 Å². The molecular weight excluding hydrogens is 262 g/mol. The molecule has 5 atom stereocenters. The highest BCUT2D eigenvalue weighted by Crippen LogP contribution is 2.07. The van der Waals surface area contributed by atoms with Gasteiger partial charge in [0.15, 0.2) is 0 Å². The molecule has 6 N–H and O–H groups in total. The van der Waals surface area contributed by atoms with Gasteiger partial charge in [0.2, 0.25) is 0 Å². The van der Waals surface area contributed by atoms with E-state index in [1.54, 1.807) is 0 Å². The first-order valence-corrected chi connectivity index (χ1v) is 7.50. The number of nitrogens with one attached hydrogen (secondary N) is 1. The van der Waals surface area contributed by atoms with E-state index in [4.69, 9.17) is 5.11 Å². The van der Waals surface area contributed by atoms with Gasteiger partial charge >= 0.3 is 0 Å². The van der Waals surface area contributed by atoms with Gasteiger partial charge in [0.05, 0.1) is 12.7 Å². The zero-order valence-electron chi connectivity index (χ0n) is 12.6. The molecule has 0 rings (SSSR count). The summed E-state index contributed by atoms with van der Waals surface area (Å²) in [4.78, 5) is 0. The average Bonchev–Trinajstić information content (AvgIpc) is 2.46. The summed E-state index contributed by atoms with van der Waals surface area (Å²) >= 11 is 0. The zero-order chi connectivity index (χ0) is 15.5. The first-order chi connectivity index (χ1) is 9.43. The van der Waals surface area contributed by atoms with Gasteiger partial charge in [-0.25, -0.2) is 0 Å². The minimum atomic E-state index is -1.56. The number of aliphatic hydroxyl groups excluding tert-OH is 5. The summed E-state index contributed by atoms with van der Waals surface area (Å²) in [5.41, 5.74) is 0. The van der Waals surface area contributed by atoms with Crippen LogP contribution in [0, 0.1) is 0 Å². The van der Waals surface area contributed by atoms with Gasteiger partial charge in [-0.1, -0.05) is 32.6 Å². The fourth-order valence-electron chi connectivity index (χ4n) is 1.99. The minimum Gasteiger partial charge on any atom is -0.394 e. The van der Waals surface area contributed by atoms with Gasteiger partial charge < -0.3 is 30.8 Å². The van der Waals surface area contributed by atoms with Crippen LogP contribution in [0.2, 0.25) is 0 Å². The normalized spacial score (nSPS) is 19.4. The van der Waals surface area contributed by atoms with Crippen LogP contribution in [0.3, 0.4) is 0 Å². The summed E-state index contributed by atoms with van der Waals surface area (Å²) in [6.07, 6.45) is 0.0209. The number of unbranched alkanes of at least 4 members (excludes halogenated alkanes) is 3. The summed E-state index contributed by atoms with van der Waals surface area (Å²) < 4.78 is 0. The number of aliphatic hydroxyl groups is 5. The Morgan fingerprint density at radius 1 is 0.900 bits per heavy atom. The Kier molecular flexibility index (Phi) is 11.3. The van der Waals surface area contributed by atoms with Gasteiger partial charge in [-0.05, 0) is 13.3 Å². The molecule has 0 saturated heterocycles. The summed E-state index contributed by atoms with van der Waals surface area (Å²) in [5.74, 6) is 0. The molecule has 0 saturated carbocycles. The fraction of sp³-hybridized carbons (Fsp3) is 1.00. The molecule has 0 heterocycles. The van der Waals surface area contributed by atoms with Crippen LogP contribution in [0.5, 0.6) is 0 Å². The topological polar surface area (TPSA) is 113 Å². The minimum absolute atomic E-state index is 0.130. The lowest BCUT2D eigenvalue weighted by atomic mass is 10.0. The van der Waals surface area contributed by atoms with Crippen LogP contribution in [0.25, 0.3) is 0 Å². The molecule has 0 fully saturated rings. The van der Waals surface area contributed by atoms with Gasteiger partial charge in [-0.15, -0.1) is 0 Å². The maximum absolute atomic E-state index is 9.73. The molecule has 0 aliphatic carbocycles. The van der Waals surface area contributed by atoms with E-state index in [1.165, 1.54) is 19.3 Å². The van der Waals surface area contributed by atoms with Crippen LogP contribution in [0.15, 0.2) is 0 Å². The van der Waals surface area contributed by atoms with E-state index < -0.39 is 31.0 Å². The van der Waals surface area contributed by atoms with Gasteiger partial charge in [-0.3, -0.25) is 0 Å². The predicted molar refractivity (Wildman–Crippen MR) is 77.3 cm³/mol. The third-order valence-corrected chi connectivity index (χ3v) is 3.49. The smallest absolute Gasteiger partial charge is 0.111 e. The lowest BCUT2D eigenvalue weighted by Gasteiger charge is -2.26. The van der Waals surface area contributed by atoms with E-state index in [9.17, 15) is 20.4 Å². The molecule has 0 aliphatic heterocycles. The molecule has 20 heavy (non-hydrogen) atoms. The Morgan fingerprint density at radius 2 is 1.50 bits per heavy atom. The summed E-state index contributed by atoms with van der Waals surface area (Å²) in [6.45, 7) is 3.63. The van der Waals surface area contributed by atoms with Crippen molar-refractivity contribution >= 4 is 0 Å². The standard InChI is InChI=1S/C14H31NO5/c1-3-4-5-6-7-10(2)15-8-11(17)13(19)14(20)12(18)9-16/h10-20H,3-9H2,1-2H3/t10?,11-,12+,13+,14+/m0/s1. The van der Waals surface area contributed by atoms with Crippen LogP contribution in [-0.4, -0.2) is 69.1 Å². The van der Waals surface area contributed by atoms with Crippen molar-refractivity contribution in [3.05, 3.63) is 0 Å². The lowest BCUT2D eigenvalue weighted by Crippen LogP contribution is -2.49. The first-order valence-electron chi connectivity index (χ1n) is 7.50. The van der Waals surface area contributed by atoms with Crippen LogP contribution < -0.4 is 5.32 Å². The monoisotopic (exact) mass is 293 g/mol. The maximum Gasteiger partial charge on any atom is 0.111 e. The molecule has 0 amide bonds. The van der Waals surface area contributed by atoms with Crippen molar-refractivity contribution in [1.29, 1.82) is 0 Å². The second-order valence-electron chi connectivity index (χ2n) is 5.46. The molecule has 0 radical (unpaired) electrons. The SMILES string of the molecule is CCCCCCC(C)NC[C@H](O)[C@@H](O)[C@H](O)[C@H](O)CO. The third kappa shape index (κ3) is 8.14. The third-order valence-electron chi connectivity index (χ3n) is 3.49. The molecule has 122 valence electrons. The highest BCUT2D eigenvalue weighted by Gasteiger charge is 2.29. The molecule has 6 heteroatoms. The van der Waals surface area contributed by atoms with Crippen molar-refractivity contribution in [2.45, 2.75) is 76.4 Å². The molecule has 0 aromatic carbocycles. The molecule has 0 spiro atoms. The highest BCUT2D eigenvalue weighted by molar-refractivity contribution is 4.82. The lowest BCUT2D eigenvalue weighted by molar-refractivity contribution is -0.114. The Balaban J connectivity index is 3.87. The van der Waals surface area contributed by atoms with Crippen LogP contribution >= 0.6 is 0 Å². The molecule has 0 aromatic heterocycles. The van der Waals surface area contributed by atoms with Crippen LogP contribution in [0.1, 0.15) is 46.0 Å². The molecule has 6 nitrogen and oxygen atoms in total. The predicted octanol–water partition coefficient (Wildman–Crippen LogP) is -0.629.